The number of aliphatic hydroxyl groups is 1. The summed E-state index contributed by atoms with van der Waals surface area (Å²) < 4.78 is 0. The molecule has 7 heteroatoms. The highest BCUT2D eigenvalue weighted by Crippen LogP contribution is 2.09. The summed E-state index contributed by atoms with van der Waals surface area (Å²) in [5.41, 5.74) is -0.616. The van der Waals surface area contributed by atoms with Gasteiger partial charge in [0.2, 0.25) is 0 Å². The van der Waals surface area contributed by atoms with Crippen LogP contribution in [0.3, 0.4) is 0 Å². The van der Waals surface area contributed by atoms with Gasteiger partial charge in [0.15, 0.2) is 5.82 Å². The minimum Gasteiger partial charge on any atom is -0.389 e. The van der Waals surface area contributed by atoms with E-state index in [9.17, 15) is 5.11 Å². The molecule has 0 atom stereocenters. The van der Waals surface area contributed by atoms with E-state index >= 15 is 0 Å². The Kier molecular flexibility index (Phi) is 3.94. The molecule has 0 spiro atoms. The quantitative estimate of drug-likeness (QED) is 0.751. The monoisotopic (exact) mass is 254 g/mol. The first-order valence-corrected chi connectivity index (χ1v) is 6.32. The molecule has 0 amide bonds. The fourth-order valence-corrected chi connectivity index (χ4v) is 2.24. The maximum absolute atomic E-state index is 9.79. The van der Waals surface area contributed by atoms with Crippen molar-refractivity contribution in [1.29, 1.82) is 0 Å². The third kappa shape index (κ3) is 4.01. The molecule has 1 aromatic heterocycles. The molecule has 0 radical (unpaired) electrons. The summed E-state index contributed by atoms with van der Waals surface area (Å²) in [5, 5.41) is 21.8. The number of aryl methyl sites for hydroxylation is 1. The second-order valence-corrected chi connectivity index (χ2v) is 5.56. The molecule has 0 aromatic carbocycles. The Morgan fingerprint density at radius 1 is 1.17 bits per heavy atom. The van der Waals surface area contributed by atoms with Gasteiger partial charge in [-0.3, -0.25) is 9.80 Å². The van der Waals surface area contributed by atoms with Gasteiger partial charge in [0.05, 0.1) is 19.2 Å². The standard InChI is InChI=1S/C11H22N6O/c1-11(2,18)9-17-6-4-16(5-7-17)8-10-12-14-15(3)13-10/h18H,4-9H2,1-3H3. The van der Waals surface area contributed by atoms with Crippen LogP contribution in [0.15, 0.2) is 0 Å². The number of piperazine rings is 1. The van der Waals surface area contributed by atoms with Crippen LogP contribution in [-0.2, 0) is 13.6 Å². The maximum atomic E-state index is 9.79. The molecular formula is C11H22N6O. The predicted molar refractivity (Wildman–Crippen MR) is 66.8 cm³/mol. The number of aromatic nitrogens is 4. The molecule has 0 aliphatic carbocycles. The number of rotatable bonds is 4. The molecule has 0 unspecified atom stereocenters. The largest absolute Gasteiger partial charge is 0.389 e. The van der Waals surface area contributed by atoms with Crippen molar-refractivity contribution in [2.24, 2.45) is 7.05 Å². The Hall–Kier alpha value is -1.05. The topological polar surface area (TPSA) is 70.3 Å². The summed E-state index contributed by atoms with van der Waals surface area (Å²) in [4.78, 5) is 6.10. The Morgan fingerprint density at radius 3 is 2.28 bits per heavy atom. The summed E-state index contributed by atoms with van der Waals surface area (Å²) in [7, 11) is 1.78. The molecule has 1 aliphatic heterocycles. The van der Waals surface area contributed by atoms with Crippen molar-refractivity contribution in [2.45, 2.75) is 26.0 Å². The Bertz CT molecular complexity index is 377. The fraction of sp³-hybridized carbons (Fsp3) is 0.909. The van der Waals surface area contributed by atoms with Gasteiger partial charge in [0.25, 0.3) is 0 Å². The third-order valence-corrected chi connectivity index (χ3v) is 2.99. The van der Waals surface area contributed by atoms with Crippen LogP contribution in [0.2, 0.25) is 0 Å². The molecule has 1 aromatic rings. The zero-order valence-corrected chi connectivity index (χ0v) is 11.4. The van der Waals surface area contributed by atoms with E-state index in [0.717, 1.165) is 45.1 Å². The van der Waals surface area contributed by atoms with Crippen molar-refractivity contribution in [3.63, 3.8) is 0 Å². The maximum Gasteiger partial charge on any atom is 0.188 e. The Morgan fingerprint density at radius 2 is 1.78 bits per heavy atom. The molecule has 1 aliphatic rings. The lowest BCUT2D eigenvalue weighted by Crippen LogP contribution is -2.50. The number of hydrogen-bond donors (Lipinski definition) is 1. The second kappa shape index (κ2) is 5.29. The minimum absolute atomic E-state index is 0.616. The predicted octanol–water partition coefficient (Wildman–Crippen LogP) is -0.901. The normalized spacial score (nSPS) is 19.3. The van der Waals surface area contributed by atoms with Crippen LogP contribution in [0.25, 0.3) is 0 Å². The average molecular weight is 254 g/mol. The molecule has 2 rings (SSSR count). The molecule has 1 N–H and O–H groups in total. The van der Waals surface area contributed by atoms with Crippen molar-refractivity contribution >= 4 is 0 Å². The average Bonchev–Trinajstić information content (AvgIpc) is 2.65. The molecule has 2 heterocycles. The first-order chi connectivity index (χ1) is 8.42. The van der Waals surface area contributed by atoms with E-state index in [1.807, 2.05) is 13.8 Å². The number of hydrogen-bond acceptors (Lipinski definition) is 6. The van der Waals surface area contributed by atoms with Crippen molar-refractivity contribution in [3.05, 3.63) is 5.82 Å². The van der Waals surface area contributed by atoms with E-state index in [2.05, 4.69) is 25.2 Å². The van der Waals surface area contributed by atoms with Gasteiger partial charge in [0, 0.05) is 32.7 Å². The van der Waals surface area contributed by atoms with E-state index in [4.69, 9.17) is 0 Å². The smallest absolute Gasteiger partial charge is 0.188 e. The van der Waals surface area contributed by atoms with Crippen LogP contribution in [0.5, 0.6) is 0 Å². The van der Waals surface area contributed by atoms with Crippen molar-refractivity contribution in [1.82, 2.24) is 30.0 Å². The van der Waals surface area contributed by atoms with Crippen LogP contribution < -0.4 is 0 Å². The van der Waals surface area contributed by atoms with Crippen molar-refractivity contribution in [3.8, 4) is 0 Å². The van der Waals surface area contributed by atoms with E-state index in [1.54, 1.807) is 7.05 Å². The van der Waals surface area contributed by atoms with Gasteiger partial charge < -0.3 is 5.11 Å². The Labute approximate surface area is 107 Å². The fourth-order valence-electron chi connectivity index (χ4n) is 2.24. The molecule has 0 bridgehead atoms. The summed E-state index contributed by atoms with van der Waals surface area (Å²) in [6, 6.07) is 0. The lowest BCUT2D eigenvalue weighted by Gasteiger charge is -2.36. The molecule has 18 heavy (non-hydrogen) atoms. The molecule has 1 saturated heterocycles. The van der Waals surface area contributed by atoms with E-state index in [0.29, 0.717) is 0 Å². The summed E-state index contributed by atoms with van der Waals surface area (Å²) in [5.74, 6) is 0.772. The van der Waals surface area contributed by atoms with Gasteiger partial charge in [-0.15, -0.1) is 10.2 Å². The van der Waals surface area contributed by atoms with Gasteiger partial charge in [0.1, 0.15) is 0 Å². The van der Waals surface area contributed by atoms with Crippen LogP contribution in [0.1, 0.15) is 19.7 Å². The van der Waals surface area contributed by atoms with Crippen LogP contribution in [0, 0.1) is 0 Å². The van der Waals surface area contributed by atoms with Crippen molar-refractivity contribution in [2.75, 3.05) is 32.7 Å². The number of β-amino-alcohol motifs (C(OH)–C–C–N with tert-alkyl or cyclic N) is 1. The van der Waals surface area contributed by atoms with Crippen LogP contribution in [0.4, 0.5) is 0 Å². The molecule has 0 saturated carbocycles. The van der Waals surface area contributed by atoms with E-state index in [-0.39, 0.29) is 0 Å². The summed E-state index contributed by atoms with van der Waals surface area (Å²) >= 11 is 0. The Balaban J connectivity index is 1.77. The van der Waals surface area contributed by atoms with E-state index < -0.39 is 5.60 Å². The highest BCUT2D eigenvalue weighted by molar-refractivity contribution is 4.82. The number of nitrogens with zero attached hydrogens (tertiary/aromatic N) is 6. The summed E-state index contributed by atoms with van der Waals surface area (Å²) in [6.45, 7) is 9.09. The SMILES string of the molecule is Cn1nnc(CN2CCN(CC(C)(C)O)CC2)n1. The second-order valence-electron chi connectivity index (χ2n) is 5.56. The summed E-state index contributed by atoms with van der Waals surface area (Å²) in [6.07, 6.45) is 0. The van der Waals surface area contributed by atoms with Crippen LogP contribution >= 0.6 is 0 Å². The number of tetrazole rings is 1. The zero-order valence-electron chi connectivity index (χ0n) is 11.4. The highest BCUT2D eigenvalue weighted by Gasteiger charge is 2.23. The van der Waals surface area contributed by atoms with Crippen LogP contribution in [-0.4, -0.2) is 73.4 Å². The van der Waals surface area contributed by atoms with Gasteiger partial charge in [-0.25, -0.2) is 0 Å². The lowest BCUT2D eigenvalue weighted by molar-refractivity contribution is 0.0163. The molecule has 1 fully saturated rings. The third-order valence-electron chi connectivity index (χ3n) is 2.99. The lowest BCUT2D eigenvalue weighted by atomic mass is 10.1. The first-order valence-electron chi connectivity index (χ1n) is 6.32. The van der Waals surface area contributed by atoms with Crippen molar-refractivity contribution < 1.29 is 5.11 Å². The van der Waals surface area contributed by atoms with Gasteiger partial charge in [-0.05, 0) is 19.1 Å². The van der Waals surface area contributed by atoms with Gasteiger partial charge >= 0.3 is 0 Å². The van der Waals surface area contributed by atoms with E-state index in [1.165, 1.54) is 4.80 Å². The van der Waals surface area contributed by atoms with Gasteiger partial charge in [-0.1, -0.05) is 0 Å². The molecule has 7 nitrogen and oxygen atoms in total. The van der Waals surface area contributed by atoms with Gasteiger partial charge in [-0.2, -0.15) is 4.80 Å². The molecule has 102 valence electrons. The first kappa shape index (κ1) is 13.4. The zero-order chi connectivity index (χ0) is 13.2. The highest BCUT2D eigenvalue weighted by atomic mass is 16.3. The minimum atomic E-state index is -0.616. The molecular weight excluding hydrogens is 232 g/mol.